The molecule has 0 unspecified atom stereocenters. The second-order valence-electron chi connectivity index (χ2n) is 6.09. The smallest absolute Gasteiger partial charge is 0.226 e. The maximum Gasteiger partial charge on any atom is 0.226 e. The van der Waals surface area contributed by atoms with Crippen molar-refractivity contribution in [3.8, 4) is 11.5 Å². The maximum absolute atomic E-state index is 13.3. The van der Waals surface area contributed by atoms with Crippen molar-refractivity contribution in [2.75, 3.05) is 19.3 Å². The molecule has 1 fully saturated rings. The number of benzene rings is 1. The molecule has 6 nitrogen and oxygen atoms in total. The van der Waals surface area contributed by atoms with Crippen LogP contribution < -0.4 is 4.72 Å². The molecule has 1 aliphatic rings. The molecule has 2 heterocycles. The molecule has 1 aliphatic heterocycles. The summed E-state index contributed by atoms with van der Waals surface area (Å²) in [7, 11) is -3.16. The Morgan fingerprint density at radius 1 is 1.38 bits per heavy atom. The lowest BCUT2D eigenvalue weighted by Gasteiger charge is -2.31. The Morgan fingerprint density at radius 2 is 2.12 bits per heavy atom. The minimum atomic E-state index is -3.16. The third-order valence-corrected chi connectivity index (χ3v) is 4.74. The van der Waals surface area contributed by atoms with Gasteiger partial charge in [-0.15, -0.1) is 0 Å². The fourth-order valence-corrected chi connectivity index (χ4v) is 3.72. The van der Waals surface area contributed by atoms with E-state index in [0.717, 1.165) is 31.6 Å². The van der Waals surface area contributed by atoms with Gasteiger partial charge in [-0.05, 0) is 31.0 Å². The number of nitrogens with one attached hydrogen (secondary N) is 1. The van der Waals surface area contributed by atoms with Gasteiger partial charge >= 0.3 is 0 Å². The number of likely N-dealkylation sites (tertiary alicyclic amines) is 1. The predicted octanol–water partition coefficient (Wildman–Crippen LogP) is 1.99. The van der Waals surface area contributed by atoms with Crippen LogP contribution in [0.15, 0.2) is 34.9 Å². The molecule has 1 aromatic carbocycles. The normalized spacial score (nSPS) is 17.2. The van der Waals surface area contributed by atoms with Crippen LogP contribution in [0.25, 0.3) is 11.5 Å². The summed E-state index contributed by atoms with van der Waals surface area (Å²) in [5.74, 6) is 0.0748. The lowest BCUT2D eigenvalue weighted by Crippen LogP contribution is -2.43. The molecule has 1 aromatic heterocycles. The highest BCUT2D eigenvalue weighted by molar-refractivity contribution is 7.88. The van der Waals surface area contributed by atoms with Crippen LogP contribution >= 0.6 is 0 Å². The van der Waals surface area contributed by atoms with Crippen LogP contribution in [-0.2, 0) is 16.6 Å². The number of sulfonamides is 1. The molecule has 0 radical (unpaired) electrons. The summed E-state index contributed by atoms with van der Waals surface area (Å²) in [6.07, 6.45) is 4.30. The van der Waals surface area contributed by atoms with Gasteiger partial charge in [0, 0.05) is 31.2 Å². The second kappa shape index (κ2) is 7.00. The van der Waals surface area contributed by atoms with Gasteiger partial charge in [0.25, 0.3) is 0 Å². The van der Waals surface area contributed by atoms with Crippen LogP contribution in [0.2, 0.25) is 0 Å². The zero-order chi connectivity index (χ0) is 17.2. The summed E-state index contributed by atoms with van der Waals surface area (Å²) in [6.45, 7) is 2.20. The fraction of sp³-hybridized carbons (Fsp3) is 0.438. The lowest BCUT2D eigenvalue weighted by atomic mass is 10.1. The minimum absolute atomic E-state index is 0.00332. The molecule has 0 saturated carbocycles. The first-order chi connectivity index (χ1) is 11.4. The Bertz CT molecular complexity index is 798. The van der Waals surface area contributed by atoms with Gasteiger partial charge in [0.2, 0.25) is 15.9 Å². The van der Waals surface area contributed by atoms with Gasteiger partial charge in [0.1, 0.15) is 12.1 Å². The van der Waals surface area contributed by atoms with E-state index in [9.17, 15) is 12.8 Å². The van der Waals surface area contributed by atoms with E-state index in [1.807, 2.05) is 0 Å². The van der Waals surface area contributed by atoms with E-state index in [1.165, 1.54) is 18.4 Å². The van der Waals surface area contributed by atoms with Crippen LogP contribution in [0.1, 0.15) is 18.5 Å². The molecule has 0 amide bonds. The van der Waals surface area contributed by atoms with Crippen LogP contribution in [0, 0.1) is 5.82 Å². The Labute approximate surface area is 140 Å². The summed E-state index contributed by atoms with van der Waals surface area (Å²) < 4.78 is 43.9. The number of piperidine rings is 1. The number of rotatable bonds is 5. The van der Waals surface area contributed by atoms with E-state index in [-0.39, 0.29) is 11.9 Å². The molecule has 3 rings (SSSR count). The van der Waals surface area contributed by atoms with Gasteiger partial charge in [-0.1, -0.05) is 6.07 Å². The highest BCUT2D eigenvalue weighted by Crippen LogP contribution is 2.21. The van der Waals surface area contributed by atoms with E-state index >= 15 is 0 Å². The number of nitrogens with zero attached hydrogens (tertiary/aromatic N) is 2. The van der Waals surface area contributed by atoms with Gasteiger partial charge in [0.05, 0.1) is 11.9 Å². The largest absolute Gasteiger partial charge is 0.444 e. The summed E-state index contributed by atoms with van der Waals surface area (Å²) in [5, 5.41) is 0. The van der Waals surface area contributed by atoms with Gasteiger partial charge in [0.15, 0.2) is 0 Å². The molecule has 0 atom stereocenters. The van der Waals surface area contributed by atoms with Crippen molar-refractivity contribution in [3.05, 3.63) is 42.0 Å². The summed E-state index contributed by atoms with van der Waals surface area (Å²) in [6, 6.07) is 6.13. The molecule has 24 heavy (non-hydrogen) atoms. The topological polar surface area (TPSA) is 75.4 Å². The van der Waals surface area contributed by atoms with Crippen molar-refractivity contribution in [1.29, 1.82) is 0 Å². The predicted molar refractivity (Wildman–Crippen MR) is 88.2 cm³/mol. The first kappa shape index (κ1) is 17.1. The van der Waals surface area contributed by atoms with Gasteiger partial charge in [-0.3, -0.25) is 4.90 Å². The summed E-state index contributed by atoms with van der Waals surface area (Å²) in [5.41, 5.74) is 1.39. The van der Waals surface area contributed by atoms with Crippen LogP contribution in [0.5, 0.6) is 0 Å². The summed E-state index contributed by atoms with van der Waals surface area (Å²) >= 11 is 0. The Balaban J connectivity index is 1.56. The van der Waals surface area contributed by atoms with Gasteiger partial charge in [-0.25, -0.2) is 22.5 Å². The van der Waals surface area contributed by atoms with Crippen molar-refractivity contribution in [2.24, 2.45) is 0 Å². The Morgan fingerprint density at radius 3 is 2.79 bits per heavy atom. The summed E-state index contributed by atoms with van der Waals surface area (Å²) in [4.78, 5) is 6.61. The maximum atomic E-state index is 13.3. The van der Waals surface area contributed by atoms with Gasteiger partial charge in [-0.2, -0.15) is 0 Å². The third-order valence-electron chi connectivity index (χ3n) is 3.98. The molecule has 1 saturated heterocycles. The van der Waals surface area contributed by atoms with E-state index in [1.54, 1.807) is 18.4 Å². The van der Waals surface area contributed by atoms with Crippen LogP contribution in [0.4, 0.5) is 4.39 Å². The molecule has 2 aromatic rings. The number of hydrogen-bond acceptors (Lipinski definition) is 5. The SMILES string of the molecule is CS(=O)(=O)NC1CCN(Cc2coc(-c3cccc(F)c3)n2)CC1. The molecule has 130 valence electrons. The third kappa shape index (κ3) is 4.62. The molecular weight excluding hydrogens is 333 g/mol. The number of oxazole rings is 1. The zero-order valence-electron chi connectivity index (χ0n) is 13.4. The van der Waals surface area contributed by atoms with Crippen LogP contribution in [-0.4, -0.2) is 43.7 Å². The first-order valence-electron chi connectivity index (χ1n) is 7.79. The van der Waals surface area contributed by atoms with E-state index in [2.05, 4.69) is 14.6 Å². The quantitative estimate of drug-likeness (QED) is 0.890. The molecule has 1 N–H and O–H groups in total. The number of hydrogen-bond donors (Lipinski definition) is 1. The van der Waals surface area contributed by atoms with Gasteiger partial charge < -0.3 is 4.42 Å². The van der Waals surface area contributed by atoms with Crippen LogP contribution in [0.3, 0.4) is 0 Å². The molecule has 0 spiro atoms. The Hall–Kier alpha value is -1.77. The molecule has 0 bridgehead atoms. The van der Waals surface area contributed by atoms with E-state index < -0.39 is 10.0 Å². The van der Waals surface area contributed by atoms with Crippen molar-refractivity contribution in [3.63, 3.8) is 0 Å². The van der Waals surface area contributed by atoms with Crippen molar-refractivity contribution in [2.45, 2.75) is 25.4 Å². The van der Waals surface area contributed by atoms with Crippen molar-refractivity contribution < 1.29 is 17.2 Å². The second-order valence-corrected chi connectivity index (χ2v) is 7.87. The average Bonchev–Trinajstić information content (AvgIpc) is 2.96. The lowest BCUT2D eigenvalue weighted by molar-refractivity contribution is 0.198. The van der Waals surface area contributed by atoms with E-state index in [0.29, 0.717) is 18.0 Å². The monoisotopic (exact) mass is 353 g/mol. The Kier molecular flexibility index (Phi) is 4.98. The molecule has 8 heteroatoms. The molecule has 0 aliphatic carbocycles. The minimum Gasteiger partial charge on any atom is -0.444 e. The fourth-order valence-electron chi connectivity index (χ4n) is 2.87. The number of aromatic nitrogens is 1. The van der Waals surface area contributed by atoms with E-state index in [4.69, 9.17) is 4.42 Å². The first-order valence-corrected chi connectivity index (χ1v) is 9.68. The van der Waals surface area contributed by atoms with Crippen molar-refractivity contribution >= 4 is 10.0 Å². The molecular formula is C16H20FN3O3S. The van der Waals surface area contributed by atoms with Crippen molar-refractivity contribution in [1.82, 2.24) is 14.6 Å². The number of halogens is 1. The standard InChI is InChI=1S/C16H20FN3O3S/c1-24(21,22)19-14-5-7-20(8-6-14)10-15-11-23-16(18-15)12-3-2-4-13(17)9-12/h2-4,9,11,14,19H,5-8,10H2,1H3. The average molecular weight is 353 g/mol. The highest BCUT2D eigenvalue weighted by atomic mass is 32.2. The highest BCUT2D eigenvalue weighted by Gasteiger charge is 2.22. The zero-order valence-corrected chi connectivity index (χ0v) is 14.2.